The molecule has 1 atom stereocenters. The summed E-state index contributed by atoms with van der Waals surface area (Å²) in [6.45, 7) is 9.28. The third kappa shape index (κ3) is 10.4. The Labute approximate surface area is 226 Å². The summed E-state index contributed by atoms with van der Waals surface area (Å²) in [6.07, 6.45) is 5.37. The summed E-state index contributed by atoms with van der Waals surface area (Å²) in [5, 5.41) is 15.6. The number of nitrogens with zero attached hydrogens (tertiary/aromatic N) is 1. The Kier molecular flexibility index (Phi) is 12.1. The highest BCUT2D eigenvalue weighted by Crippen LogP contribution is 2.27. The number of phenolic OH excluding ortho intramolecular Hbond substituents is 1. The van der Waals surface area contributed by atoms with E-state index >= 15 is 0 Å². The van der Waals surface area contributed by atoms with E-state index in [4.69, 9.17) is 4.74 Å². The average molecular weight is 526 g/mol. The van der Waals surface area contributed by atoms with Gasteiger partial charge in [-0.2, -0.15) is 0 Å². The largest absolute Gasteiger partial charge is 0.508 e. The Hall–Kier alpha value is -3.55. The number of carbonyl (C=O) groups is 3. The van der Waals surface area contributed by atoms with Crippen LogP contribution >= 0.6 is 0 Å². The van der Waals surface area contributed by atoms with Gasteiger partial charge in [-0.05, 0) is 63.4 Å². The highest BCUT2D eigenvalue weighted by molar-refractivity contribution is 5.98. The number of amides is 3. The summed E-state index contributed by atoms with van der Waals surface area (Å²) in [4.78, 5) is 41.0. The number of nitrogens with one attached hydrogen (secondary N) is 2. The SMILES string of the molecule is CCCCCCCCN(C(=O)CNC(=O)OC(C)(C)C)C(C(=O)Nc1ccccc1C)c1cccc(O)c1. The van der Waals surface area contributed by atoms with Gasteiger partial charge in [0.05, 0.1) is 0 Å². The maximum atomic E-state index is 13.7. The molecular weight excluding hydrogens is 482 g/mol. The second kappa shape index (κ2) is 15.0. The number of aryl methyl sites for hydroxylation is 1. The number of ether oxygens (including phenoxy) is 1. The van der Waals surface area contributed by atoms with E-state index in [0.29, 0.717) is 24.2 Å². The van der Waals surface area contributed by atoms with Crippen LogP contribution in [0.1, 0.15) is 83.4 Å². The Balaban J connectivity index is 2.33. The topological polar surface area (TPSA) is 108 Å². The van der Waals surface area contributed by atoms with Crippen molar-refractivity contribution in [2.75, 3.05) is 18.4 Å². The fourth-order valence-corrected chi connectivity index (χ4v) is 4.11. The highest BCUT2D eigenvalue weighted by Gasteiger charge is 2.32. The van der Waals surface area contributed by atoms with Gasteiger partial charge in [0, 0.05) is 12.2 Å². The Morgan fingerprint density at radius 1 is 0.974 bits per heavy atom. The number of phenols is 1. The molecule has 0 saturated carbocycles. The minimum Gasteiger partial charge on any atom is -0.508 e. The third-order valence-corrected chi connectivity index (χ3v) is 6.00. The molecular formula is C30H43N3O5. The quantitative estimate of drug-likeness (QED) is 0.274. The van der Waals surface area contributed by atoms with Crippen LogP contribution in [0.25, 0.3) is 0 Å². The maximum absolute atomic E-state index is 13.7. The standard InChI is InChI=1S/C30H43N3O5/c1-6-7-8-9-10-13-19-33(26(35)21-31-29(37)38-30(3,4)5)27(23-16-14-17-24(34)20-23)28(36)32-25-18-12-11-15-22(25)2/h11-12,14-18,20,27,34H,6-10,13,19,21H2,1-5H3,(H,31,37)(H,32,36). The van der Waals surface area contributed by atoms with Gasteiger partial charge in [-0.15, -0.1) is 0 Å². The molecule has 2 aromatic carbocycles. The molecule has 2 rings (SSSR count). The molecule has 0 saturated heterocycles. The van der Waals surface area contributed by atoms with Crippen LogP contribution < -0.4 is 10.6 Å². The lowest BCUT2D eigenvalue weighted by atomic mass is 10.0. The third-order valence-electron chi connectivity index (χ3n) is 6.00. The molecule has 1 unspecified atom stereocenters. The van der Waals surface area contributed by atoms with E-state index in [9.17, 15) is 19.5 Å². The van der Waals surface area contributed by atoms with Crippen LogP contribution in [-0.4, -0.2) is 46.6 Å². The second-order valence-corrected chi connectivity index (χ2v) is 10.5. The monoisotopic (exact) mass is 525 g/mol. The summed E-state index contributed by atoms with van der Waals surface area (Å²) < 4.78 is 5.27. The number of hydrogen-bond donors (Lipinski definition) is 3. The van der Waals surface area contributed by atoms with E-state index in [1.165, 1.54) is 17.0 Å². The van der Waals surface area contributed by atoms with Crippen LogP contribution in [0.3, 0.4) is 0 Å². The first-order valence-electron chi connectivity index (χ1n) is 13.4. The second-order valence-electron chi connectivity index (χ2n) is 10.5. The highest BCUT2D eigenvalue weighted by atomic mass is 16.6. The fraction of sp³-hybridized carbons (Fsp3) is 0.500. The van der Waals surface area contributed by atoms with Crippen molar-refractivity contribution in [2.24, 2.45) is 0 Å². The molecule has 208 valence electrons. The number of unbranched alkanes of at least 4 members (excludes halogenated alkanes) is 5. The minimum atomic E-state index is -1.01. The summed E-state index contributed by atoms with van der Waals surface area (Å²) >= 11 is 0. The zero-order valence-corrected chi connectivity index (χ0v) is 23.4. The molecule has 3 N–H and O–H groups in total. The first kappa shape index (κ1) is 30.7. The summed E-state index contributed by atoms with van der Waals surface area (Å²) in [7, 11) is 0. The van der Waals surface area contributed by atoms with Crippen LogP contribution in [-0.2, 0) is 14.3 Å². The van der Waals surface area contributed by atoms with E-state index in [1.807, 2.05) is 25.1 Å². The molecule has 0 aliphatic carbocycles. The van der Waals surface area contributed by atoms with E-state index in [2.05, 4.69) is 17.6 Å². The number of carbonyl (C=O) groups excluding carboxylic acids is 3. The lowest BCUT2D eigenvalue weighted by Gasteiger charge is -2.32. The Bertz CT molecular complexity index is 1060. The smallest absolute Gasteiger partial charge is 0.408 e. The van der Waals surface area contributed by atoms with Crippen molar-refractivity contribution in [1.29, 1.82) is 0 Å². The van der Waals surface area contributed by atoms with Crippen molar-refractivity contribution in [2.45, 2.75) is 84.8 Å². The van der Waals surface area contributed by atoms with Crippen molar-refractivity contribution in [3.63, 3.8) is 0 Å². The van der Waals surface area contributed by atoms with E-state index in [1.54, 1.807) is 39.0 Å². The zero-order valence-electron chi connectivity index (χ0n) is 23.4. The van der Waals surface area contributed by atoms with Crippen LogP contribution in [0.15, 0.2) is 48.5 Å². The molecule has 0 fully saturated rings. The molecule has 0 radical (unpaired) electrons. The number of rotatable bonds is 13. The first-order valence-corrected chi connectivity index (χ1v) is 13.4. The van der Waals surface area contributed by atoms with Gasteiger partial charge in [0.2, 0.25) is 5.91 Å². The molecule has 38 heavy (non-hydrogen) atoms. The molecule has 3 amide bonds. The van der Waals surface area contributed by atoms with Gasteiger partial charge in [-0.3, -0.25) is 9.59 Å². The molecule has 2 aromatic rings. The lowest BCUT2D eigenvalue weighted by molar-refractivity contribution is -0.138. The molecule has 8 nitrogen and oxygen atoms in total. The van der Waals surface area contributed by atoms with Crippen molar-refractivity contribution < 1.29 is 24.2 Å². The number of hydrogen-bond acceptors (Lipinski definition) is 5. The zero-order chi connectivity index (χ0) is 28.1. The molecule has 0 aromatic heterocycles. The summed E-state index contributed by atoms with van der Waals surface area (Å²) in [6, 6.07) is 12.8. The van der Waals surface area contributed by atoms with Crippen LogP contribution in [0, 0.1) is 6.92 Å². The van der Waals surface area contributed by atoms with Crippen molar-refractivity contribution >= 4 is 23.6 Å². The molecule has 0 heterocycles. The van der Waals surface area contributed by atoms with Gasteiger partial charge in [0.1, 0.15) is 23.9 Å². The molecule has 0 spiro atoms. The van der Waals surface area contributed by atoms with Gasteiger partial charge in [0.15, 0.2) is 0 Å². The number of aromatic hydroxyl groups is 1. The van der Waals surface area contributed by atoms with E-state index in [0.717, 1.165) is 37.7 Å². The molecule has 8 heteroatoms. The maximum Gasteiger partial charge on any atom is 0.408 e. The number of benzene rings is 2. The van der Waals surface area contributed by atoms with Crippen LogP contribution in [0.4, 0.5) is 10.5 Å². The minimum absolute atomic E-state index is 0.00460. The number of para-hydroxylation sites is 1. The normalized spacial score (nSPS) is 11.9. The predicted octanol–water partition coefficient (Wildman–Crippen LogP) is 6.09. The Morgan fingerprint density at radius 2 is 1.66 bits per heavy atom. The van der Waals surface area contributed by atoms with Crippen molar-refractivity contribution in [3.05, 3.63) is 59.7 Å². The van der Waals surface area contributed by atoms with Crippen molar-refractivity contribution in [3.8, 4) is 5.75 Å². The Morgan fingerprint density at radius 3 is 2.32 bits per heavy atom. The van der Waals surface area contributed by atoms with Gasteiger partial charge in [-0.25, -0.2) is 4.79 Å². The van der Waals surface area contributed by atoms with Gasteiger partial charge in [-0.1, -0.05) is 69.4 Å². The van der Waals surface area contributed by atoms with Crippen LogP contribution in [0.2, 0.25) is 0 Å². The number of alkyl carbamates (subject to hydrolysis) is 1. The predicted molar refractivity (Wildman–Crippen MR) is 150 cm³/mol. The molecule has 0 bridgehead atoms. The van der Waals surface area contributed by atoms with Gasteiger partial charge < -0.3 is 25.4 Å². The summed E-state index contributed by atoms with van der Waals surface area (Å²) in [5.74, 6) is -0.825. The molecule has 0 aliphatic rings. The average Bonchev–Trinajstić information content (AvgIpc) is 2.84. The number of anilines is 1. The summed E-state index contributed by atoms with van der Waals surface area (Å²) in [5.41, 5.74) is 1.30. The van der Waals surface area contributed by atoms with Crippen LogP contribution in [0.5, 0.6) is 5.75 Å². The lowest BCUT2D eigenvalue weighted by Crippen LogP contribution is -2.47. The van der Waals surface area contributed by atoms with E-state index in [-0.39, 0.29) is 12.3 Å². The van der Waals surface area contributed by atoms with Gasteiger partial charge in [0.25, 0.3) is 5.91 Å². The van der Waals surface area contributed by atoms with E-state index < -0.39 is 29.6 Å². The molecule has 0 aliphatic heterocycles. The van der Waals surface area contributed by atoms with Gasteiger partial charge >= 0.3 is 6.09 Å². The first-order chi connectivity index (χ1) is 18.0. The fourth-order valence-electron chi connectivity index (χ4n) is 4.11. The van der Waals surface area contributed by atoms with Crippen molar-refractivity contribution in [1.82, 2.24) is 10.2 Å².